The van der Waals surface area contributed by atoms with Crippen LogP contribution in [0, 0.1) is 5.41 Å². The molecule has 0 radical (unpaired) electrons. The maximum absolute atomic E-state index is 13.4. The number of fused-ring (bicyclic) bond motifs is 4. The molecule has 1 saturated heterocycles. The third-order valence-corrected chi connectivity index (χ3v) is 6.59. The quantitative estimate of drug-likeness (QED) is 0.621. The molecule has 4 bridgehead atoms. The van der Waals surface area contributed by atoms with Crippen LogP contribution in [0.4, 0.5) is 0 Å². The van der Waals surface area contributed by atoms with E-state index in [2.05, 4.69) is 5.32 Å². The van der Waals surface area contributed by atoms with Gasteiger partial charge in [0.25, 0.3) is 0 Å². The van der Waals surface area contributed by atoms with E-state index in [1.54, 1.807) is 4.90 Å². The summed E-state index contributed by atoms with van der Waals surface area (Å²) in [5, 5.41) is 12.8. The summed E-state index contributed by atoms with van der Waals surface area (Å²) in [5.74, 6) is 1.27. The van der Waals surface area contributed by atoms with Crippen LogP contribution < -0.4 is 15.8 Å². The molecule has 1 spiro atoms. The van der Waals surface area contributed by atoms with Gasteiger partial charge in [0.2, 0.25) is 11.8 Å². The van der Waals surface area contributed by atoms with Gasteiger partial charge in [-0.2, -0.15) is 0 Å². The third kappa shape index (κ3) is 5.66. The standard InChI is InChI=1S/C25H31N3O4.ClH/c1-17(29)22(26)23(30)28-12-9-25(10-13-28)16-19-5-3-7-21(15-19)32-20-6-2-4-18(14-20)8-11-27-24(25)31;/h2-7,14-15,17,22,29H,8-13,16,26H2,1H3,(H,27,31);1H/t17-,22+;/m1./s1. The minimum absolute atomic E-state index is 0. The van der Waals surface area contributed by atoms with E-state index in [0.29, 0.717) is 45.3 Å². The summed E-state index contributed by atoms with van der Waals surface area (Å²) in [5.41, 5.74) is 7.36. The summed E-state index contributed by atoms with van der Waals surface area (Å²) in [4.78, 5) is 27.7. The highest BCUT2D eigenvalue weighted by Gasteiger charge is 2.43. The Morgan fingerprint density at radius 3 is 2.36 bits per heavy atom. The zero-order valence-corrected chi connectivity index (χ0v) is 19.6. The molecule has 2 aromatic carbocycles. The van der Waals surface area contributed by atoms with Gasteiger partial charge in [0.15, 0.2) is 0 Å². The second-order valence-electron chi connectivity index (χ2n) is 8.95. The third-order valence-electron chi connectivity index (χ3n) is 6.59. The van der Waals surface area contributed by atoms with Gasteiger partial charge in [-0.3, -0.25) is 9.59 Å². The lowest BCUT2D eigenvalue weighted by Crippen LogP contribution is -2.55. The largest absolute Gasteiger partial charge is 0.457 e. The number of aliphatic hydroxyl groups excluding tert-OH is 1. The fourth-order valence-corrected chi connectivity index (χ4v) is 4.57. The molecule has 2 atom stereocenters. The molecule has 0 aromatic heterocycles. The van der Waals surface area contributed by atoms with Crippen LogP contribution in [-0.4, -0.2) is 53.6 Å². The van der Waals surface area contributed by atoms with Crippen molar-refractivity contribution in [3.63, 3.8) is 0 Å². The Morgan fingerprint density at radius 2 is 1.73 bits per heavy atom. The van der Waals surface area contributed by atoms with Crippen molar-refractivity contribution < 1.29 is 19.4 Å². The average molecular weight is 474 g/mol. The molecule has 2 heterocycles. The van der Waals surface area contributed by atoms with Crippen LogP contribution >= 0.6 is 12.4 Å². The van der Waals surface area contributed by atoms with Crippen molar-refractivity contribution in [2.24, 2.45) is 11.1 Å². The SMILES string of the molecule is C[C@@H](O)[C@H](N)C(=O)N1CCC2(CC1)Cc1cccc(c1)Oc1cccc(c1)CCNC2=O.Cl. The van der Waals surface area contributed by atoms with Gasteiger partial charge in [0, 0.05) is 19.6 Å². The van der Waals surface area contributed by atoms with Crippen LogP contribution in [0.5, 0.6) is 11.5 Å². The summed E-state index contributed by atoms with van der Waals surface area (Å²) >= 11 is 0. The first-order valence-corrected chi connectivity index (χ1v) is 11.2. The Hall–Kier alpha value is -2.61. The Morgan fingerprint density at radius 1 is 1.12 bits per heavy atom. The second kappa shape index (κ2) is 10.5. The van der Waals surface area contributed by atoms with Crippen molar-refractivity contribution in [1.82, 2.24) is 10.2 Å². The Kier molecular flexibility index (Phi) is 8.00. The number of benzene rings is 2. The number of ether oxygens (including phenoxy) is 1. The fraction of sp³-hybridized carbons (Fsp3) is 0.440. The molecule has 2 amide bonds. The smallest absolute Gasteiger partial charge is 0.242 e. The Balaban J connectivity index is 0.00000306. The Bertz CT molecular complexity index is 989. The summed E-state index contributed by atoms with van der Waals surface area (Å²) in [6, 6.07) is 14.8. The minimum Gasteiger partial charge on any atom is -0.457 e. The highest BCUT2D eigenvalue weighted by atomic mass is 35.5. The molecule has 2 aliphatic rings. The molecule has 1 fully saturated rings. The number of nitrogens with one attached hydrogen (secondary N) is 1. The molecule has 0 saturated carbocycles. The number of likely N-dealkylation sites (tertiary alicyclic amines) is 1. The minimum atomic E-state index is -0.943. The summed E-state index contributed by atoms with van der Waals surface area (Å²) in [6.45, 7) is 2.92. The normalized spacial score (nSPS) is 19.5. The number of nitrogens with zero attached hydrogens (tertiary/aromatic N) is 1. The average Bonchev–Trinajstić information content (AvgIpc) is 2.78. The maximum Gasteiger partial charge on any atom is 0.242 e. The lowest BCUT2D eigenvalue weighted by Gasteiger charge is -2.41. The van der Waals surface area contributed by atoms with E-state index in [-0.39, 0.29) is 24.2 Å². The monoisotopic (exact) mass is 473 g/mol. The van der Waals surface area contributed by atoms with Gasteiger partial charge in [-0.05, 0) is 68.0 Å². The maximum atomic E-state index is 13.4. The van der Waals surface area contributed by atoms with Gasteiger partial charge >= 0.3 is 0 Å². The van der Waals surface area contributed by atoms with Crippen molar-refractivity contribution >= 4 is 24.2 Å². The number of carbonyl (C=O) groups is 2. The molecule has 0 aliphatic carbocycles. The highest BCUT2D eigenvalue weighted by molar-refractivity contribution is 5.85. The van der Waals surface area contributed by atoms with Crippen molar-refractivity contribution in [1.29, 1.82) is 0 Å². The zero-order valence-electron chi connectivity index (χ0n) is 18.8. The fourth-order valence-electron chi connectivity index (χ4n) is 4.57. The van der Waals surface area contributed by atoms with E-state index in [9.17, 15) is 14.7 Å². The van der Waals surface area contributed by atoms with Crippen LogP contribution in [0.15, 0.2) is 48.5 Å². The van der Waals surface area contributed by atoms with Crippen LogP contribution in [0.2, 0.25) is 0 Å². The number of amides is 2. The van der Waals surface area contributed by atoms with Gasteiger partial charge in [-0.25, -0.2) is 0 Å². The van der Waals surface area contributed by atoms with Crippen molar-refractivity contribution in [3.8, 4) is 11.5 Å². The van der Waals surface area contributed by atoms with Crippen LogP contribution in [0.3, 0.4) is 0 Å². The topological polar surface area (TPSA) is 105 Å². The van der Waals surface area contributed by atoms with Crippen LogP contribution in [0.1, 0.15) is 30.9 Å². The van der Waals surface area contributed by atoms with Gasteiger partial charge in [-0.1, -0.05) is 24.3 Å². The number of aliphatic hydroxyl groups is 1. The number of nitrogens with two attached hydrogens (primary N) is 1. The number of halogens is 1. The first kappa shape index (κ1) is 25.0. The predicted octanol–water partition coefficient (Wildman–Crippen LogP) is 2.43. The molecule has 4 N–H and O–H groups in total. The molecule has 2 aromatic rings. The predicted molar refractivity (Wildman–Crippen MR) is 129 cm³/mol. The molecule has 4 rings (SSSR count). The number of hydrogen-bond donors (Lipinski definition) is 3. The molecular weight excluding hydrogens is 442 g/mol. The van der Waals surface area contributed by atoms with E-state index >= 15 is 0 Å². The first-order chi connectivity index (χ1) is 15.4. The lowest BCUT2D eigenvalue weighted by molar-refractivity contribution is -0.142. The molecule has 8 heteroatoms. The van der Waals surface area contributed by atoms with E-state index in [0.717, 1.165) is 22.6 Å². The molecule has 33 heavy (non-hydrogen) atoms. The van der Waals surface area contributed by atoms with E-state index in [4.69, 9.17) is 10.5 Å². The molecule has 7 nitrogen and oxygen atoms in total. The van der Waals surface area contributed by atoms with Gasteiger partial charge in [0.1, 0.15) is 17.5 Å². The van der Waals surface area contributed by atoms with Gasteiger partial charge in [-0.15, -0.1) is 12.4 Å². The molecular formula is C25H32ClN3O4. The number of piperidine rings is 1. The molecule has 0 unspecified atom stereocenters. The lowest BCUT2D eigenvalue weighted by atomic mass is 9.72. The second-order valence-corrected chi connectivity index (χ2v) is 8.95. The van der Waals surface area contributed by atoms with Crippen LogP contribution in [0.25, 0.3) is 0 Å². The molecule has 2 aliphatic heterocycles. The molecule has 178 valence electrons. The zero-order chi connectivity index (χ0) is 22.7. The van der Waals surface area contributed by atoms with Gasteiger partial charge < -0.3 is 25.8 Å². The summed E-state index contributed by atoms with van der Waals surface area (Å²) in [7, 11) is 0. The van der Waals surface area contributed by atoms with Crippen molar-refractivity contribution in [3.05, 3.63) is 59.7 Å². The highest BCUT2D eigenvalue weighted by Crippen LogP contribution is 2.37. The number of hydrogen-bond acceptors (Lipinski definition) is 5. The summed E-state index contributed by atoms with van der Waals surface area (Å²) in [6.07, 6.45) is 1.45. The summed E-state index contributed by atoms with van der Waals surface area (Å²) < 4.78 is 6.08. The van der Waals surface area contributed by atoms with E-state index < -0.39 is 17.6 Å². The van der Waals surface area contributed by atoms with E-state index in [1.165, 1.54) is 6.92 Å². The van der Waals surface area contributed by atoms with Crippen molar-refractivity contribution in [2.75, 3.05) is 19.6 Å². The number of carbonyl (C=O) groups excluding carboxylic acids is 2. The first-order valence-electron chi connectivity index (χ1n) is 11.2. The van der Waals surface area contributed by atoms with Gasteiger partial charge in [0.05, 0.1) is 11.5 Å². The van der Waals surface area contributed by atoms with Crippen LogP contribution in [-0.2, 0) is 22.4 Å². The number of rotatable bonds is 2. The van der Waals surface area contributed by atoms with Crippen molar-refractivity contribution in [2.45, 2.75) is 44.8 Å². The van der Waals surface area contributed by atoms with E-state index in [1.807, 2.05) is 48.5 Å². The Labute approximate surface area is 200 Å².